The fraction of sp³-hybridized carbons (Fsp3) is 0.250. The molecule has 0 atom stereocenters. The van der Waals surface area contributed by atoms with Gasteiger partial charge < -0.3 is 14.6 Å². The number of non-ortho nitro benzene ring substituents is 1. The Labute approximate surface area is 175 Å². The minimum absolute atomic E-state index is 0.00732. The van der Waals surface area contributed by atoms with Crippen molar-refractivity contribution < 1.29 is 23.3 Å². The molecule has 11 heteroatoms. The number of nitro benzene ring substituents is 1. The van der Waals surface area contributed by atoms with Crippen LogP contribution in [0.5, 0.6) is 0 Å². The minimum atomic E-state index is -0.833. The number of rotatable bonds is 8. The van der Waals surface area contributed by atoms with Gasteiger partial charge in [0.1, 0.15) is 12.4 Å². The number of nitrogens with zero attached hydrogens (tertiary/aromatic N) is 3. The molecule has 1 N–H and O–H groups in total. The number of halogens is 1. The lowest BCUT2D eigenvalue weighted by Gasteiger charge is -2.20. The fourth-order valence-corrected chi connectivity index (χ4v) is 2.96. The zero-order valence-electron chi connectivity index (χ0n) is 16.5. The molecule has 0 aliphatic heterocycles. The van der Waals surface area contributed by atoms with Crippen LogP contribution in [0.15, 0.2) is 51.7 Å². The Morgan fingerprint density at radius 2 is 1.94 bits per heavy atom. The summed E-state index contributed by atoms with van der Waals surface area (Å²) < 4.78 is 19.0. The van der Waals surface area contributed by atoms with E-state index in [1.54, 1.807) is 19.1 Å². The number of carbonyl (C=O) groups is 2. The summed E-state index contributed by atoms with van der Waals surface area (Å²) in [6.45, 7) is 1.47. The average molecular weight is 430 g/mol. The summed E-state index contributed by atoms with van der Waals surface area (Å²) in [5, 5.41) is 13.5. The Morgan fingerprint density at radius 1 is 1.23 bits per heavy atom. The normalized spacial score (nSPS) is 10.8. The molecule has 0 saturated carbocycles. The maximum absolute atomic E-state index is 12.9. The van der Waals surface area contributed by atoms with Gasteiger partial charge in [0.25, 0.3) is 5.69 Å². The van der Waals surface area contributed by atoms with Gasteiger partial charge in [-0.25, -0.2) is 9.18 Å². The highest BCUT2D eigenvalue weighted by atomic mass is 19.1. The number of hydrogen-bond donors (Lipinski definition) is 1. The van der Waals surface area contributed by atoms with Crippen molar-refractivity contribution in [2.45, 2.75) is 20.0 Å². The molecule has 0 aliphatic carbocycles. The van der Waals surface area contributed by atoms with E-state index in [0.717, 1.165) is 10.6 Å². The summed E-state index contributed by atoms with van der Waals surface area (Å²) >= 11 is 0. The highest BCUT2D eigenvalue weighted by Crippen LogP contribution is 2.20. The first-order chi connectivity index (χ1) is 14.8. The SMILES string of the molecule is CCN(CC(=O)NCc1ccc(F)cc1)C(=O)Cn1c(=O)oc2cc([N+](=O)[O-])ccc21. The molecule has 162 valence electrons. The molecule has 1 aromatic heterocycles. The number of aromatic nitrogens is 1. The van der Waals surface area contributed by atoms with Crippen molar-refractivity contribution >= 4 is 28.6 Å². The van der Waals surface area contributed by atoms with Crippen LogP contribution in [0.2, 0.25) is 0 Å². The summed E-state index contributed by atoms with van der Waals surface area (Å²) in [5.41, 5.74) is 0.690. The van der Waals surface area contributed by atoms with Crippen LogP contribution in [0.1, 0.15) is 12.5 Å². The van der Waals surface area contributed by atoms with Gasteiger partial charge >= 0.3 is 5.76 Å². The van der Waals surface area contributed by atoms with E-state index in [1.807, 2.05) is 0 Å². The second kappa shape index (κ2) is 9.20. The first kappa shape index (κ1) is 21.7. The van der Waals surface area contributed by atoms with Crippen molar-refractivity contribution in [1.29, 1.82) is 0 Å². The molecule has 0 saturated heterocycles. The van der Waals surface area contributed by atoms with Crippen LogP contribution in [-0.4, -0.2) is 39.3 Å². The lowest BCUT2D eigenvalue weighted by Crippen LogP contribution is -2.42. The first-order valence-corrected chi connectivity index (χ1v) is 9.35. The Morgan fingerprint density at radius 3 is 2.58 bits per heavy atom. The van der Waals surface area contributed by atoms with Crippen molar-refractivity contribution in [3.05, 3.63) is 74.5 Å². The van der Waals surface area contributed by atoms with Crippen LogP contribution < -0.4 is 11.1 Å². The van der Waals surface area contributed by atoms with E-state index in [0.29, 0.717) is 5.56 Å². The number of nitrogens with one attached hydrogen (secondary N) is 1. The van der Waals surface area contributed by atoms with E-state index in [2.05, 4.69) is 5.32 Å². The predicted octanol–water partition coefficient (Wildman–Crippen LogP) is 1.81. The number of amides is 2. The fourth-order valence-electron chi connectivity index (χ4n) is 2.96. The Hall–Kier alpha value is -4.02. The maximum Gasteiger partial charge on any atom is 0.420 e. The van der Waals surface area contributed by atoms with Crippen molar-refractivity contribution in [3.8, 4) is 0 Å². The molecule has 0 aliphatic rings. The zero-order valence-corrected chi connectivity index (χ0v) is 16.5. The number of carbonyl (C=O) groups excluding carboxylic acids is 2. The molecular formula is C20H19FN4O6. The van der Waals surface area contributed by atoms with E-state index in [1.165, 1.54) is 29.2 Å². The molecule has 2 aromatic carbocycles. The molecule has 0 spiro atoms. The second-order valence-electron chi connectivity index (χ2n) is 6.67. The standard InChI is InChI=1S/C20H19FN4O6/c1-2-23(11-18(26)22-10-13-3-5-14(21)6-4-13)19(27)12-24-16-8-7-15(25(29)30)9-17(16)31-20(24)28/h3-9H,2,10-12H2,1H3,(H,22,26). The second-order valence-corrected chi connectivity index (χ2v) is 6.67. The molecule has 0 bridgehead atoms. The van der Waals surface area contributed by atoms with Crippen molar-refractivity contribution in [2.24, 2.45) is 0 Å². The quantitative estimate of drug-likeness (QED) is 0.429. The third kappa shape index (κ3) is 5.13. The molecule has 0 radical (unpaired) electrons. The average Bonchev–Trinajstić information content (AvgIpc) is 3.05. The van der Waals surface area contributed by atoms with E-state index < -0.39 is 22.5 Å². The largest absolute Gasteiger partial charge is 0.420 e. The molecular weight excluding hydrogens is 411 g/mol. The van der Waals surface area contributed by atoms with Crippen molar-refractivity contribution in [1.82, 2.24) is 14.8 Å². The van der Waals surface area contributed by atoms with E-state index in [4.69, 9.17) is 4.42 Å². The predicted molar refractivity (Wildman–Crippen MR) is 108 cm³/mol. The van der Waals surface area contributed by atoms with Crippen molar-refractivity contribution in [2.75, 3.05) is 13.1 Å². The number of oxazole rings is 1. The van der Waals surface area contributed by atoms with Crippen LogP contribution in [0.3, 0.4) is 0 Å². The summed E-state index contributed by atoms with van der Waals surface area (Å²) in [7, 11) is 0. The van der Waals surface area contributed by atoms with Gasteiger partial charge in [-0.3, -0.25) is 24.3 Å². The molecule has 3 aromatic rings. The molecule has 3 rings (SSSR count). The van der Waals surface area contributed by atoms with Gasteiger partial charge in [0.2, 0.25) is 11.8 Å². The summed E-state index contributed by atoms with van der Waals surface area (Å²) in [6, 6.07) is 9.29. The highest BCUT2D eigenvalue weighted by Gasteiger charge is 2.20. The van der Waals surface area contributed by atoms with Gasteiger partial charge in [0.05, 0.1) is 23.1 Å². The number of fused-ring (bicyclic) bond motifs is 1. The summed E-state index contributed by atoms with van der Waals surface area (Å²) in [5.74, 6) is -2.13. The van der Waals surface area contributed by atoms with Gasteiger partial charge in [0, 0.05) is 19.2 Å². The van der Waals surface area contributed by atoms with Crippen LogP contribution >= 0.6 is 0 Å². The topological polar surface area (TPSA) is 128 Å². The van der Waals surface area contributed by atoms with Crippen molar-refractivity contribution in [3.63, 3.8) is 0 Å². The highest BCUT2D eigenvalue weighted by molar-refractivity contribution is 5.85. The number of likely N-dealkylation sites (N-methyl/N-ethyl adjacent to an activating group) is 1. The molecule has 10 nitrogen and oxygen atoms in total. The van der Waals surface area contributed by atoms with Crippen LogP contribution in [0.4, 0.5) is 10.1 Å². The minimum Gasteiger partial charge on any atom is -0.407 e. The van der Waals surface area contributed by atoms with Gasteiger partial charge in [-0.1, -0.05) is 12.1 Å². The van der Waals surface area contributed by atoms with Crippen LogP contribution in [0, 0.1) is 15.9 Å². The maximum atomic E-state index is 12.9. The molecule has 0 fully saturated rings. The number of benzene rings is 2. The number of nitro groups is 1. The Kier molecular flexibility index (Phi) is 6.43. The van der Waals surface area contributed by atoms with Gasteiger partial charge in [-0.05, 0) is 30.7 Å². The third-order valence-electron chi connectivity index (χ3n) is 4.63. The van der Waals surface area contributed by atoms with Gasteiger partial charge in [-0.2, -0.15) is 0 Å². The van der Waals surface area contributed by atoms with Crippen LogP contribution in [0.25, 0.3) is 11.1 Å². The Balaban J connectivity index is 1.66. The van der Waals surface area contributed by atoms with Gasteiger partial charge in [-0.15, -0.1) is 0 Å². The van der Waals surface area contributed by atoms with E-state index in [-0.39, 0.29) is 48.8 Å². The third-order valence-corrected chi connectivity index (χ3v) is 4.63. The molecule has 31 heavy (non-hydrogen) atoms. The van der Waals surface area contributed by atoms with Gasteiger partial charge in [0.15, 0.2) is 5.58 Å². The summed E-state index contributed by atoms with van der Waals surface area (Å²) in [6.07, 6.45) is 0. The smallest absolute Gasteiger partial charge is 0.407 e. The molecule has 0 unspecified atom stereocenters. The molecule has 2 amide bonds. The van der Waals surface area contributed by atoms with Crippen LogP contribution in [-0.2, 0) is 22.7 Å². The first-order valence-electron chi connectivity index (χ1n) is 9.35. The van der Waals surface area contributed by atoms with E-state index in [9.17, 15) is 28.9 Å². The monoisotopic (exact) mass is 430 g/mol. The molecule has 1 heterocycles. The Bertz CT molecular complexity index is 1180. The lowest BCUT2D eigenvalue weighted by atomic mass is 10.2. The summed E-state index contributed by atoms with van der Waals surface area (Å²) in [4.78, 5) is 48.5. The van der Waals surface area contributed by atoms with E-state index >= 15 is 0 Å². The number of hydrogen-bond acceptors (Lipinski definition) is 6. The lowest BCUT2D eigenvalue weighted by molar-refractivity contribution is -0.384. The zero-order chi connectivity index (χ0) is 22.5.